The molecule has 0 N–H and O–H groups in total. The van der Waals surface area contributed by atoms with Crippen molar-refractivity contribution < 1.29 is 0 Å². The topological polar surface area (TPSA) is 0 Å². The summed E-state index contributed by atoms with van der Waals surface area (Å²) in [6.07, 6.45) is 4.55. The molecule has 0 atom stereocenters. The normalized spacial score (nSPS) is 18.7. The van der Waals surface area contributed by atoms with Gasteiger partial charge >= 0.3 is 0 Å². The zero-order valence-electron chi connectivity index (χ0n) is 7.28. The van der Waals surface area contributed by atoms with Gasteiger partial charge in [0, 0.05) is 0 Å². The van der Waals surface area contributed by atoms with Gasteiger partial charge in [-0.15, -0.1) is 0 Å². The summed E-state index contributed by atoms with van der Waals surface area (Å²) in [6.45, 7) is 9.18. The van der Waals surface area contributed by atoms with Crippen LogP contribution in [0.4, 0.5) is 0 Å². The summed E-state index contributed by atoms with van der Waals surface area (Å²) in [5.41, 5.74) is 3.05. The van der Waals surface area contributed by atoms with Crippen LogP contribution in [0.3, 0.4) is 0 Å². The highest BCUT2D eigenvalue weighted by Crippen LogP contribution is 2.25. The van der Waals surface area contributed by atoms with Gasteiger partial charge in [0.25, 0.3) is 0 Å². The molecule has 0 aromatic carbocycles. The Labute approximate surface area is 65.3 Å². The first kappa shape index (κ1) is 7.80. The fourth-order valence-electron chi connectivity index (χ4n) is 1.36. The Morgan fingerprint density at radius 1 is 1.30 bits per heavy atom. The van der Waals surface area contributed by atoms with Crippen LogP contribution in [0.25, 0.3) is 0 Å². The lowest BCUT2D eigenvalue weighted by molar-refractivity contribution is 1.20. The van der Waals surface area contributed by atoms with E-state index in [0.717, 1.165) is 6.42 Å². The molecule has 10 heavy (non-hydrogen) atoms. The van der Waals surface area contributed by atoms with Crippen LogP contribution in [0.1, 0.15) is 20.3 Å². The van der Waals surface area contributed by atoms with Crippen LogP contribution in [-0.2, 0) is 0 Å². The molecular formula is C9H15Si. The van der Waals surface area contributed by atoms with E-state index in [1.54, 1.807) is 5.20 Å². The van der Waals surface area contributed by atoms with E-state index in [1.165, 1.54) is 11.1 Å². The van der Waals surface area contributed by atoms with Crippen LogP contribution in [-0.4, -0.2) is 8.80 Å². The van der Waals surface area contributed by atoms with Crippen molar-refractivity contribution in [2.24, 2.45) is 0 Å². The second kappa shape index (κ2) is 2.75. The fourth-order valence-corrected chi connectivity index (χ4v) is 2.98. The van der Waals surface area contributed by atoms with Crippen molar-refractivity contribution in [2.45, 2.75) is 33.4 Å². The highest BCUT2D eigenvalue weighted by Gasteiger charge is 2.13. The number of hydrogen-bond donors (Lipinski definition) is 0. The van der Waals surface area contributed by atoms with Gasteiger partial charge in [0.1, 0.15) is 0 Å². The summed E-state index contributed by atoms with van der Waals surface area (Å²) in [6, 6.07) is 0. The van der Waals surface area contributed by atoms with Crippen LogP contribution >= 0.6 is 0 Å². The van der Waals surface area contributed by atoms with Crippen molar-refractivity contribution in [1.29, 1.82) is 0 Å². The number of allylic oxidation sites excluding steroid dienone is 4. The Morgan fingerprint density at radius 3 is 2.10 bits per heavy atom. The summed E-state index contributed by atoms with van der Waals surface area (Å²) in [4.78, 5) is 0. The quantitative estimate of drug-likeness (QED) is 0.505. The molecule has 0 nitrogen and oxygen atoms in total. The van der Waals surface area contributed by atoms with Crippen molar-refractivity contribution in [1.82, 2.24) is 0 Å². The zero-order valence-corrected chi connectivity index (χ0v) is 8.44. The van der Waals surface area contributed by atoms with E-state index < -0.39 is 8.80 Å². The van der Waals surface area contributed by atoms with Crippen molar-refractivity contribution in [3.63, 3.8) is 0 Å². The van der Waals surface area contributed by atoms with E-state index >= 15 is 0 Å². The van der Waals surface area contributed by atoms with Crippen molar-refractivity contribution in [3.8, 4) is 0 Å². The highest BCUT2D eigenvalue weighted by atomic mass is 28.3. The van der Waals surface area contributed by atoms with Gasteiger partial charge in [0.2, 0.25) is 0 Å². The Morgan fingerprint density at radius 2 is 1.90 bits per heavy atom. The third kappa shape index (κ3) is 1.24. The number of hydrogen-bond acceptors (Lipinski definition) is 0. The Kier molecular flexibility index (Phi) is 2.14. The molecule has 0 saturated carbocycles. The largest absolute Gasteiger partial charge is 0.0682 e. The summed E-state index contributed by atoms with van der Waals surface area (Å²) >= 11 is 0. The van der Waals surface area contributed by atoms with Gasteiger partial charge in [-0.25, -0.2) is 0 Å². The standard InChI is InChI=1S/C9H15Si/c1-7-5-6-9(8(7)2)10(3)4/h10H,5H2,1-4H3. The number of rotatable bonds is 1. The van der Waals surface area contributed by atoms with E-state index in [2.05, 4.69) is 33.0 Å². The maximum absolute atomic E-state index is 3.46. The third-order valence-corrected chi connectivity index (χ3v) is 3.96. The molecule has 1 radical (unpaired) electrons. The first-order chi connectivity index (χ1) is 4.63. The second-order valence-corrected chi connectivity index (χ2v) is 6.21. The molecule has 1 heteroatoms. The molecule has 0 fully saturated rings. The molecule has 0 aromatic heterocycles. The van der Waals surface area contributed by atoms with Gasteiger partial charge < -0.3 is 0 Å². The highest BCUT2D eigenvalue weighted by molar-refractivity contribution is 6.65. The van der Waals surface area contributed by atoms with Gasteiger partial charge in [0.15, 0.2) is 0 Å². The molecule has 0 amide bonds. The fraction of sp³-hybridized carbons (Fsp3) is 0.556. The van der Waals surface area contributed by atoms with Gasteiger partial charge in [0.05, 0.1) is 8.80 Å². The van der Waals surface area contributed by atoms with Crippen molar-refractivity contribution >= 4 is 8.80 Å². The summed E-state index contributed by atoms with van der Waals surface area (Å²) in [5.74, 6) is 0. The van der Waals surface area contributed by atoms with Gasteiger partial charge in [-0.05, 0) is 26.3 Å². The first-order valence-corrected chi connectivity index (χ1v) is 6.79. The van der Waals surface area contributed by atoms with Crippen molar-refractivity contribution in [2.75, 3.05) is 0 Å². The average molecular weight is 151 g/mol. The van der Waals surface area contributed by atoms with Crippen molar-refractivity contribution in [3.05, 3.63) is 22.4 Å². The predicted molar refractivity (Wildman–Crippen MR) is 48.6 cm³/mol. The Hall–Kier alpha value is -0.303. The van der Waals surface area contributed by atoms with E-state index in [1.807, 2.05) is 0 Å². The van der Waals surface area contributed by atoms with E-state index in [9.17, 15) is 0 Å². The molecule has 0 unspecified atom stereocenters. The van der Waals surface area contributed by atoms with Crippen LogP contribution in [0.5, 0.6) is 0 Å². The Bertz CT molecular complexity index is 197. The minimum Gasteiger partial charge on any atom is -0.0682 e. The second-order valence-electron chi connectivity index (χ2n) is 3.33. The predicted octanol–water partition coefficient (Wildman–Crippen LogP) is 2.48. The molecule has 55 valence electrons. The lowest BCUT2D eigenvalue weighted by Crippen LogP contribution is -2.05. The Balaban J connectivity index is 2.83. The molecule has 0 saturated heterocycles. The third-order valence-electron chi connectivity index (χ3n) is 2.17. The SMILES string of the molecule is CC1=C(C)C([SiH](C)C)=[C]C1. The van der Waals surface area contributed by atoms with E-state index in [4.69, 9.17) is 0 Å². The average Bonchev–Trinajstić information content (AvgIpc) is 2.14. The molecule has 0 aromatic rings. The van der Waals surface area contributed by atoms with Gasteiger partial charge in [-0.2, -0.15) is 0 Å². The minimum atomic E-state index is -0.572. The van der Waals surface area contributed by atoms with Crippen LogP contribution in [0, 0.1) is 6.08 Å². The van der Waals surface area contributed by atoms with Crippen LogP contribution in [0.15, 0.2) is 16.3 Å². The summed E-state index contributed by atoms with van der Waals surface area (Å²) in [7, 11) is -0.572. The maximum Gasteiger partial charge on any atom is 0.0654 e. The first-order valence-electron chi connectivity index (χ1n) is 3.90. The lowest BCUT2D eigenvalue weighted by Gasteiger charge is -2.06. The van der Waals surface area contributed by atoms with E-state index in [-0.39, 0.29) is 0 Å². The van der Waals surface area contributed by atoms with Crippen LogP contribution in [0.2, 0.25) is 13.1 Å². The zero-order chi connectivity index (χ0) is 7.72. The molecular weight excluding hydrogens is 136 g/mol. The van der Waals surface area contributed by atoms with Gasteiger partial charge in [-0.1, -0.05) is 29.4 Å². The monoisotopic (exact) mass is 151 g/mol. The van der Waals surface area contributed by atoms with Gasteiger partial charge in [-0.3, -0.25) is 0 Å². The van der Waals surface area contributed by atoms with Crippen LogP contribution < -0.4 is 0 Å². The molecule has 0 aliphatic heterocycles. The minimum absolute atomic E-state index is 0.572. The molecule has 1 aliphatic rings. The van der Waals surface area contributed by atoms with E-state index in [0.29, 0.717) is 0 Å². The molecule has 0 heterocycles. The molecule has 1 aliphatic carbocycles. The smallest absolute Gasteiger partial charge is 0.0654 e. The molecule has 0 bridgehead atoms. The summed E-state index contributed by atoms with van der Waals surface area (Å²) < 4.78 is 0. The summed E-state index contributed by atoms with van der Waals surface area (Å²) in [5, 5.41) is 1.57. The maximum atomic E-state index is 3.46. The lowest BCUT2D eigenvalue weighted by atomic mass is 10.2. The molecule has 1 rings (SSSR count). The molecule has 0 spiro atoms.